The summed E-state index contributed by atoms with van der Waals surface area (Å²) in [6, 6.07) is 16.9. The zero-order valence-corrected chi connectivity index (χ0v) is 16.1. The molecule has 0 bridgehead atoms. The quantitative estimate of drug-likeness (QED) is 0.537. The smallest absolute Gasteiger partial charge is 0.255 e. The number of nitrogens with zero attached hydrogens (tertiary/aromatic N) is 4. The van der Waals surface area contributed by atoms with Crippen LogP contribution in [0.25, 0.3) is 5.82 Å². The highest BCUT2D eigenvalue weighted by Gasteiger charge is 2.08. The third kappa shape index (κ3) is 4.47. The van der Waals surface area contributed by atoms with E-state index in [1.807, 2.05) is 74.6 Å². The Morgan fingerprint density at radius 1 is 0.931 bits per heavy atom. The SMILES string of the molecule is Cc1cc(C)cc(C(=O)Nc2ccc(Nc3cc(-n4cccn4)ncn3)cc2)c1. The molecule has 4 rings (SSSR count). The van der Waals surface area contributed by atoms with E-state index in [0.717, 1.165) is 22.5 Å². The van der Waals surface area contributed by atoms with Crippen molar-refractivity contribution in [1.82, 2.24) is 19.7 Å². The molecule has 0 saturated carbocycles. The number of aryl methyl sites for hydroxylation is 2. The number of rotatable bonds is 5. The van der Waals surface area contributed by atoms with E-state index in [4.69, 9.17) is 0 Å². The molecule has 2 heterocycles. The molecule has 7 nitrogen and oxygen atoms in total. The molecule has 0 aliphatic carbocycles. The van der Waals surface area contributed by atoms with Crippen LogP contribution in [0.15, 0.2) is 73.3 Å². The van der Waals surface area contributed by atoms with Crippen LogP contribution in [0, 0.1) is 13.8 Å². The average molecular weight is 384 g/mol. The van der Waals surface area contributed by atoms with E-state index >= 15 is 0 Å². The molecular formula is C22H20N6O. The Labute approximate surface area is 168 Å². The highest BCUT2D eigenvalue weighted by atomic mass is 16.1. The standard InChI is InChI=1S/C22H20N6O/c1-15-10-16(2)12-17(11-15)22(29)27-19-6-4-18(5-7-19)26-20-13-21(24-14-23-20)28-9-3-8-25-28/h3-14H,1-2H3,(H,27,29)(H,23,24,26). The van der Waals surface area contributed by atoms with Crippen LogP contribution in [0.4, 0.5) is 17.2 Å². The van der Waals surface area contributed by atoms with Crippen LogP contribution < -0.4 is 10.6 Å². The second-order valence-corrected chi connectivity index (χ2v) is 6.74. The molecule has 0 spiro atoms. The van der Waals surface area contributed by atoms with E-state index in [9.17, 15) is 4.79 Å². The first kappa shape index (κ1) is 18.4. The maximum absolute atomic E-state index is 12.5. The number of benzene rings is 2. The van der Waals surface area contributed by atoms with Gasteiger partial charge in [0.1, 0.15) is 12.1 Å². The molecule has 0 radical (unpaired) electrons. The molecule has 2 N–H and O–H groups in total. The van der Waals surface area contributed by atoms with E-state index in [0.29, 0.717) is 17.2 Å². The van der Waals surface area contributed by atoms with Gasteiger partial charge in [-0.1, -0.05) is 17.2 Å². The third-order valence-corrected chi connectivity index (χ3v) is 4.29. The summed E-state index contributed by atoms with van der Waals surface area (Å²) >= 11 is 0. The molecule has 29 heavy (non-hydrogen) atoms. The number of aromatic nitrogens is 4. The molecule has 2 aromatic carbocycles. The van der Waals surface area contributed by atoms with Crippen LogP contribution >= 0.6 is 0 Å². The summed E-state index contributed by atoms with van der Waals surface area (Å²) < 4.78 is 1.67. The van der Waals surface area contributed by atoms with Gasteiger partial charge in [-0.2, -0.15) is 5.10 Å². The van der Waals surface area contributed by atoms with Crippen molar-refractivity contribution in [3.05, 3.63) is 90.0 Å². The van der Waals surface area contributed by atoms with Gasteiger partial charge in [-0.05, 0) is 56.3 Å². The Morgan fingerprint density at radius 2 is 1.66 bits per heavy atom. The fourth-order valence-electron chi connectivity index (χ4n) is 3.04. The minimum Gasteiger partial charge on any atom is -0.340 e. The van der Waals surface area contributed by atoms with E-state index < -0.39 is 0 Å². The molecule has 2 aromatic heterocycles. The minimum atomic E-state index is -0.128. The summed E-state index contributed by atoms with van der Waals surface area (Å²) in [4.78, 5) is 20.9. The first-order valence-corrected chi connectivity index (χ1v) is 9.16. The third-order valence-electron chi connectivity index (χ3n) is 4.29. The van der Waals surface area contributed by atoms with Crippen molar-refractivity contribution in [3.8, 4) is 5.82 Å². The summed E-state index contributed by atoms with van der Waals surface area (Å²) in [5.74, 6) is 1.19. The molecule has 7 heteroatoms. The van der Waals surface area contributed by atoms with Crippen LogP contribution in [-0.2, 0) is 0 Å². The topological polar surface area (TPSA) is 84.7 Å². The van der Waals surface area contributed by atoms with Gasteiger partial charge in [0.05, 0.1) is 0 Å². The fraction of sp³-hybridized carbons (Fsp3) is 0.0909. The van der Waals surface area contributed by atoms with Crippen molar-refractivity contribution in [2.24, 2.45) is 0 Å². The summed E-state index contributed by atoms with van der Waals surface area (Å²) in [5, 5.41) is 10.3. The van der Waals surface area contributed by atoms with Crippen LogP contribution in [0.1, 0.15) is 21.5 Å². The monoisotopic (exact) mass is 384 g/mol. The van der Waals surface area contributed by atoms with Crippen molar-refractivity contribution < 1.29 is 4.79 Å². The second kappa shape index (κ2) is 7.93. The Kier molecular flexibility index (Phi) is 5.03. The molecule has 0 fully saturated rings. The Hall–Kier alpha value is -4.00. The predicted molar refractivity (Wildman–Crippen MR) is 113 cm³/mol. The molecule has 0 aliphatic rings. The summed E-state index contributed by atoms with van der Waals surface area (Å²) in [6.07, 6.45) is 5.00. The van der Waals surface area contributed by atoms with Gasteiger partial charge >= 0.3 is 0 Å². The molecule has 144 valence electrons. The lowest BCUT2D eigenvalue weighted by atomic mass is 10.1. The van der Waals surface area contributed by atoms with Crippen molar-refractivity contribution in [2.75, 3.05) is 10.6 Å². The zero-order valence-electron chi connectivity index (χ0n) is 16.1. The fourth-order valence-corrected chi connectivity index (χ4v) is 3.04. The molecule has 0 aliphatic heterocycles. The van der Waals surface area contributed by atoms with Crippen LogP contribution in [0.5, 0.6) is 0 Å². The Morgan fingerprint density at radius 3 is 2.34 bits per heavy atom. The summed E-state index contributed by atoms with van der Waals surface area (Å²) in [6.45, 7) is 3.96. The molecule has 4 aromatic rings. The van der Waals surface area contributed by atoms with Crippen LogP contribution in [0.3, 0.4) is 0 Å². The highest BCUT2D eigenvalue weighted by Crippen LogP contribution is 2.19. The van der Waals surface area contributed by atoms with E-state index in [1.165, 1.54) is 6.33 Å². The van der Waals surface area contributed by atoms with Gasteiger partial charge in [0.15, 0.2) is 5.82 Å². The van der Waals surface area contributed by atoms with Crippen molar-refractivity contribution in [2.45, 2.75) is 13.8 Å². The lowest BCUT2D eigenvalue weighted by Gasteiger charge is -2.10. The first-order chi connectivity index (χ1) is 14.1. The van der Waals surface area contributed by atoms with E-state index in [-0.39, 0.29) is 5.91 Å². The van der Waals surface area contributed by atoms with Gasteiger partial charge in [-0.25, -0.2) is 14.6 Å². The van der Waals surface area contributed by atoms with Gasteiger partial charge < -0.3 is 10.6 Å². The van der Waals surface area contributed by atoms with Crippen molar-refractivity contribution >= 4 is 23.1 Å². The van der Waals surface area contributed by atoms with Crippen molar-refractivity contribution in [3.63, 3.8) is 0 Å². The Balaban J connectivity index is 1.44. The van der Waals surface area contributed by atoms with E-state index in [2.05, 4.69) is 25.7 Å². The normalized spacial score (nSPS) is 10.6. The number of nitrogens with one attached hydrogen (secondary N) is 2. The van der Waals surface area contributed by atoms with Gasteiger partial charge in [0, 0.05) is 35.4 Å². The van der Waals surface area contributed by atoms with Gasteiger partial charge in [-0.3, -0.25) is 4.79 Å². The van der Waals surface area contributed by atoms with E-state index in [1.54, 1.807) is 10.9 Å². The first-order valence-electron chi connectivity index (χ1n) is 9.16. The number of hydrogen-bond acceptors (Lipinski definition) is 5. The molecular weight excluding hydrogens is 364 g/mol. The number of hydrogen-bond donors (Lipinski definition) is 2. The number of carbonyl (C=O) groups excluding carboxylic acids is 1. The number of amides is 1. The molecule has 0 unspecified atom stereocenters. The summed E-state index contributed by atoms with van der Waals surface area (Å²) in [5.41, 5.74) is 4.35. The predicted octanol–water partition coefficient (Wildman–Crippen LogP) is 4.28. The van der Waals surface area contributed by atoms with Crippen molar-refractivity contribution in [1.29, 1.82) is 0 Å². The number of carbonyl (C=O) groups is 1. The largest absolute Gasteiger partial charge is 0.340 e. The van der Waals surface area contributed by atoms with Gasteiger partial charge in [0.2, 0.25) is 0 Å². The van der Waals surface area contributed by atoms with Crippen LogP contribution in [0.2, 0.25) is 0 Å². The van der Waals surface area contributed by atoms with Crippen LogP contribution in [-0.4, -0.2) is 25.7 Å². The molecule has 1 amide bonds. The minimum absolute atomic E-state index is 0.128. The lowest BCUT2D eigenvalue weighted by molar-refractivity contribution is 0.102. The highest BCUT2D eigenvalue weighted by molar-refractivity contribution is 6.04. The maximum atomic E-state index is 12.5. The summed E-state index contributed by atoms with van der Waals surface area (Å²) in [7, 11) is 0. The lowest BCUT2D eigenvalue weighted by Crippen LogP contribution is -2.12. The molecule has 0 saturated heterocycles. The number of anilines is 3. The van der Waals surface area contributed by atoms with Gasteiger partial charge in [-0.15, -0.1) is 0 Å². The zero-order chi connectivity index (χ0) is 20.2. The average Bonchev–Trinajstić information content (AvgIpc) is 3.24. The van der Waals surface area contributed by atoms with Gasteiger partial charge in [0.25, 0.3) is 5.91 Å². The Bertz CT molecular complexity index is 1120. The second-order valence-electron chi connectivity index (χ2n) is 6.74. The maximum Gasteiger partial charge on any atom is 0.255 e. The molecule has 0 atom stereocenters.